The molecule has 55 heavy (non-hydrogen) atoms. The summed E-state index contributed by atoms with van der Waals surface area (Å²) in [5.74, 6) is 1.66. The highest BCUT2D eigenvalue weighted by molar-refractivity contribution is 7.89. The van der Waals surface area contributed by atoms with E-state index in [9.17, 15) is 13.2 Å². The molecule has 0 aromatic heterocycles. The summed E-state index contributed by atoms with van der Waals surface area (Å²) in [7, 11) is -0.684. The highest BCUT2D eigenvalue weighted by Crippen LogP contribution is 2.64. The number of ketones is 1. The Hall–Kier alpha value is -5.34. The summed E-state index contributed by atoms with van der Waals surface area (Å²) in [5, 5.41) is 0. The van der Waals surface area contributed by atoms with Crippen molar-refractivity contribution in [1.29, 1.82) is 0 Å². The second-order valence-electron chi connectivity index (χ2n) is 15.2. The molecule has 0 spiro atoms. The van der Waals surface area contributed by atoms with Gasteiger partial charge in [0.2, 0.25) is 0 Å². The van der Waals surface area contributed by atoms with Crippen molar-refractivity contribution in [2.75, 3.05) is 14.2 Å². The smallest absolute Gasteiger partial charge is 0.264 e. The first-order valence-corrected chi connectivity index (χ1v) is 20.5. The molecule has 5 aromatic carbocycles. The van der Waals surface area contributed by atoms with Gasteiger partial charge in [-0.3, -0.25) is 9.10 Å². The Morgan fingerprint density at radius 3 is 1.76 bits per heavy atom. The maximum absolute atomic E-state index is 14.4. The lowest BCUT2D eigenvalue weighted by Gasteiger charge is -2.33. The Kier molecular flexibility index (Phi) is 9.80. The van der Waals surface area contributed by atoms with Gasteiger partial charge in [-0.15, -0.1) is 0 Å². The Bertz CT molecular complexity index is 2300. The predicted octanol–water partition coefficient (Wildman–Crippen LogP) is 9.72. The van der Waals surface area contributed by atoms with E-state index in [0.717, 1.165) is 22.6 Å². The van der Waals surface area contributed by atoms with Crippen LogP contribution in [0.1, 0.15) is 67.0 Å². The largest absolute Gasteiger partial charge is 0.498 e. The van der Waals surface area contributed by atoms with Crippen molar-refractivity contribution in [2.45, 2.75) is 49.6 Å². The number of sulfonamides is 1. The molecule has 2 aliphatic heterocycles. The third kappa shape index (κ3) is 6.11. The molecule has 2 heterocycles. The Labute approximate surface area is 324 Å². The number of benzene rings is 5. The van der Waals surface area contributed by atoms with Gasteiger partial charge in [-0.05, 0) is 46.7 Å². The molecule has 2 bridgehead atoms. The SMILES string of the molecule is COC1=C2C(C3C(=O)C1C(c1ccccc1)C3C)[C@@H](C)[C@H](c1ccccc1)N2S(=O)(=O)c1ccccc1.COc1ccc2c(c1)O[C@H](c1ccccc1)C2C. The van der Waals surface area contributed by atoms with E-state index in [4.69, 9.17) is 14.2 Å². The number of fused-ring (bicyclic) bond motifs is 5. The maximum Gasteiger partial charge on any atom is 0.264 e. The number of carbonyl (C=O) groups excluding carboxylic acids is 1. The van der Waals surface area contributed by atoms with Crippen molar-refractivity contribution in [3.05, 3.63) is 173 Å². The second-order valence-corrected chi connectivity index (χ2v) is 17.0. The molecule has 282 valence electrons. The molecule has 2 fully saturated rings. The molecule has 9 atom stereocenters. The van der Waals surface area contributed by atoms with Gasteiger partial charge < -0.3 is 14.2 Å². The zero-order chi connectivity index (χ0) is 38.4. The monoisotopic (exact) mass is 753 g/mol. The minimum absolute atomic E-state index is 0.0470. The van der Waals surface area contributed by atoms with Crippen LogP contribution >= 0.6 is 0 Å². The minimum atomic E-state index is -3.93. The second kappa shape index (κ2) is 14.7. The third-order valence-corrected chi connectivity index (χ3v) is 14.1. The highest BCUT2D eigenvalue weighted by atomic mass is 32.2. The Morgan fingerprint density at radius 2 is 1.18 bits per heavy atom. The summed E-state index contributed by atoms with van der Waals surface area (Å²) in [4.78, 5) is 14.3. The molecule has 8 heteroatoms. The average molecular weight is 754 g/mol. The van der Waals surface area contributed by atoms with Gasteiger partial charge in [0.25, 0.3) is 10.0 Å². The van der Waals surface area contributed by atoms with Crippen LogP contribution in [0, 0.1) is 29.6 Å². The molecule has 4 aliphatic rings. The van der Waals surface area contributed by atoms with Crippen molar-refractivity contribution in [3.63, 3.8) is 0 Å². The van der Waals surface area contributed by atoms with E-state index in [2.05, 4.69) is 63.2 Å². The first-order valence-electron chi connectivity index (χ1n) is 19.1. The lowest BCUT2D eigenvalue weighted by Crippen LogP contribution is -2.37. The Balaban J connectivity index is 0.000000198. The lowest BCUT2D eigenvalue weighted by atomic mass is 9.72. The number of carbonyl (C=O) groups is 1. The van der Waals surface area contributed by atoms with Crippen LogP contribution in [0.2, 0.25) is 0 Å². The van der Waals surface area contributed by atoms with Crippen molar-refractivity contribution in [3.8, 4) is 11.5 Å². The summed E-state index contributed by atoms with van der Waals surface area (Å²) >= 11 is 0. The van der Waals surface area contributed by atoms with Crippen LogP contribution < -0.4 is 9.47 Å². The van der Waals surface area contributed by atoms with E-state index in [1.807, 2.05) is 72.8 Å². The van der Waals surface area contributed by atoms with Gasteiger partial charge >= 0.3 is 0 Å². The molecule has 1 saturated heterocycles. The van der Waals surface area contributed by atoms with Crippen LogP contribution in [0.15, 0.2) is 156 Å². The molecule has 0 amide bonds. The number of allylic oxidation sites excluding steroid dienone is 2. The van der Waals surface area contributed by atoms with E-state index in [-0.39, 0.29) is 46.4 Å². The molecule has 0 radical (unpaired) electrons. The molecule has 0 N–H and O–H groups in total. The van der Waals surface area contributed by atoms with Crippen molar-refractivity contribution in [1.82, 2.24) is 4.31 Å². The van der Waals surface area contributed by atoms with Gasteiger partial charge in [-0.25, -0.2) is 8.42 Å². The molecule has 9 rings (SSSR count). The minimum Gasteiger partial charge on any atom is -0.498 e. The fourth-order valence-corrected chi connectivity index (χ4v) is 11.7. The number of rotatable bonds is 7. The van der Waals surface area contributed by atoms with Gasteiger partial charge in [0.1, 0.15) is 29.1 Å². The maximum atomic E-state index is 14.4. The van der Waals surface area contributed by atoms with Crippen LogP contribution in [-0.2, 0) is 19.6 Å². The fraction of sp³-hybridized carbons (Fsp3) is 0.298. The average Bonchev–Trinajstić information content (AvgIpc) is 3.78. The van der Waals surface area contributed by atoms with Gasteiger partial charge in [0.05, 0.1) is 36.8 Å². The van der Waals surface area contributed by atoms with Gasteiger partial charge in [-0.2, -0.15) is 0 Å². The predicted molar refractivity (Wildman–Crippen MR) is 213 cm³/mol. The van der Waals surface area contributed by atoms with Gasteiger partial charge in [0, 0.05) is 35.3 Å². The first-order chi connectivity index (χ1) is 26.7. The number of ether oxygens (including phenoxy) is 3. The van der Waals surface area contributed by atoms with Crippen LogP contribution in [0.5, 0.6) is 11.5 Å². The molecule has 1 saturated carbocycles. The van der Waals surface area contributed by atoms with E-state index in [1.54, 1.807) is 42.8 Å². The molecular weight excluding hydrogens is 707 g/mol. The molecule has 5 aromatic rings. The van der Waals surface area contributed by atoms with E-state index in [0.29, 0.717) is 17.4 Å². The van der Waals surface area contributed by atoms with Crippen molar-refractivity contribution < 1.29 is 27.4 Å². The van der Waals surface area contributed by atoms with Crippen LogP contribution in [0.3, 0.4) is 0 Å². The fourth-order valence-electron chi connectivity index (χ4n) is 9.85. The summed E-state index contributed by atoms with van der Waals surface area (Å²) in [6.45, 7) is 6.44. The number of hydrogen-bond acceptors (Lipinski definition) is 6. The van der Waals surface area contributed by atoms with Gasteiger partial charge in [0.15, 0.2) is 0 Å². The normalized spacial score (nSPS) is 27.8. The summed E-state index contributed by atoms with van der Waals surface area (Å²) < 4.78 is 47.7. The summed E-state index contributed by atoms with van der Waals surface area (Å²) in [6, 6.07) is 44.4. The highest BCUT2D eigenvalue weighted by Gasteiger charge is 2.65. The number of methoxy groups -OCH3 is 2. The zero-order valence-electron chi connectivity index (χ0n) is 31.8. The van der Waals surface area contributed by atoms with E-state index >= 15 is 0 Å². The van der Waals surface area contributed by atoms with Crippen LogP contribution in [0.4, 0.5) is 0 Å². The molecular formula is C47H47NO6S. The van der Waals surface area contributed by atoms with Gasteiger partial charge in [-0.1, -0.05) is 136 Å². The summed E-state index contributed by atoms with van der Waals surface area (Å²) in [5.41, 5.74) is 5.15. The third-order valence-electron chi connectivity index (χ3n) is 12.3. The van der Waals surface area contributed by atoms with Crippen molar-refractivity contribution in [2.24, 2.45) is 29.6 Å². The summed E-state index contributed by atoms with van der Waals surface area (Å²) in [6.07, 6.45) is 0.105. The topological polar surface area (TPSA) is 82.1 Å². The first kappa shape index (κ1) is 36.6. The van der Waals surface area contributed by atoms with Crippen LogP contribution in [0.25, 0.3) is 0 Å². The lowest BCUT2D eigenvalue weighted by molar-refractivity contribution is -0.126. The van der Waals surface area contributed by atoms with Crippen molar-refractivity contribution >= 4 is 15.8 Å². The van der Waals surface area contributed by atoms with Crippen LogP contribution in [-0.4, -0.2) is 32.7 Å². The van der Waals surface area contributed by atoms with E-state index < -0.39 is 22.0 Å². The number of hydrogen-bond donors (Lipinski definition) is 0. The number of Topliss-reactive ketones (excluding diaryl/α,β-unsaturated/α-hetero) is 1. The standard InChI is InChI=1S/C31H31NO4S.C16H16O2/c1-19-24(21-13-7-4-8-14-21)27-30(33)26(19)25-20(2)28(22-15-9-5-10-16-22)32(29(25)31(27)36-3)37(34,35)23-17-11-6-12-18-23;1-11-14-9-8-13(17-2)10-15(14)18-16(11)12-6-4-3-5-7-12/h4-20,24-28H,1-3H3;3-11,16H,1-2H3/t19?,20-,24?,25?,26?,27?,28-;11?,16-/m10/s1. The Morgan fingerprint density at radius 1 is 0.618 bits per heavy atom. The molecule has 7 nitrogen and oxygen atoms in total. The van der Waals surface area contributed by atoms with E-state index in [1.165, 1.54) is 11.1 Å². The zero-order valence-corrected chi connectivity index (χ0v) is 32.6. The molecule has 2 aliphatic carbocycles. The quantitative estimate of drug-likeness (QED) is 0.165. The number of nitrogens with zero attached hydrogens (tertiary/aromatic N) is 1. The molecule has 6 unspecified atom stereocenters.